The standard InChI is InChI=1S/C19H24F2N2O.C8H9NO2/c1-13-9-16(24-2)15(14-3-6-22-17(13)14)10-23-7-4-18(5-8-23)11-19(20,21)12-18;1-9-7-5-3-2-4-6(7)8(10)11/h3,6,9,22H,4-5,7-8,10-12H2,1-2H3;2-5,9H,1H3,(H,10,11). The number of fused-ring (bicyclic) bond motifs is 1. The van der Waals surface area contributed by atoms with E-state index in [9.17, 15) is 13.6 Å². The highest BCUT2D eigenvalue weighted by atomic mass is 19.3. The van der Waals surface area contributed by atoms with Gasteiger partial charge in [-0.3, -0.25) is 4.90 Å². The molecule has 3 aromatic rings. The lowest BCUT2D eigenvalue weighted by molar-refractivity contribution is -0.178. The quantitative estimate of drug-likeness (QED) is 0.418. The van der Waals surface area contributed by atoms with E-state index in [1.54, 1.807) is 38.4 Å². The SMILES string of the molecule is CNc1ccccc1C(=O)O.COc1cc(C)c2[nH]ccc2c1CN1CCC2(CC1)CC(F)(F)C2. The van der Waals surface area contributed by atoms with Crippen molar-refractivity contribution >= 4 is 22.6 Å². The number of nitrogens with zero attached hydrogens (tertiary/aromatic N) is 1. The lowest BCUT2D eigenvalue weighted by Gasteiger charge is -2.51. The highest BCUT2D eigenvalue weighted by Gasteiger charge is 2.56. The summed E-state index contributed by atoms with van der Waals surface area (Å²) in [5, 5.41) is 12.6. The molecule has 0 bridgehead atoms. The van der Waals surface area contributed by atoms with Crippen molar-refractivity contribution in [2.75, 3.05) is 32.6 Å². The van der Waals surface area contributed by atoms with Gasteiger partial charge in [0, 0.05) is 54.8 Å². The average Bonchev–Trinajstić information content (AvgIpc) is 3.32. The average molecular weight is 486 g/mol. The van der Waals surface area contributed by atoms with Crippen molar-refractivity contribution in [1.82, 2.24) is 9.88 Å². The van der Waals surface area contributed by atoms with E-state index < -0.39 is 11.9 Å². The molecular formula is C27H33F2N3O3. The predicted molar refractivity (Wildman–Crippen MR) is 134 cm³/mol. The van der Waals surface area contributed by atoms with Gasteiger partial charge >= 0.3 is 5.97 Å². The zero-order valence-corrected chi connectivity index (χ0v) is 20.5. The van der Waals surface area contributed by atoms with E-state index in [0.717, 1.165) is 43.7 Å². The van der Waals surface area contributed by atoms with Gasteiger partial charge in [0.1, 0.15) is 5.75 Å². The third-order valence-electron chi connectivity index (χ3n) is 7.32. The molecule has 5 rings (SSSR count). The topological polar surface area (TPSA) is 77.6 Å². The van der Waals surface area contributed by atoms with Crippen LogP contribution in [0.25, 0.3) is 10.9 Å². The van der Waals surface area contributed by atoms with Crippen molar-refractivity contribution in [2.24, 2.45) is 5.41 Å². The Morgan fingerprint density at radius 1 is 1.20 bits per heavy atom. The first kappa shape index (κ1) is 25.0. The van der Waals surface area contributed by atoms with Crippen LogP contribution in [-0.4, -0.2) is 54.1 Å². The van der Waals surface area contributed by atoms with Gasteiger partial charge in [-0.2, -0.15) is 0 Å². The zero-order valence-electron chi connectivity index (χ0n) is 20.5. The maximum Gasteiger partial charge on any atom is 0.337 e. The van der Waals surface area contributed by atoms with Gasteiger partial charge in [0.2, 0.25) is 5.92 Å². The summed E-state index contributed by atoms with van der Waals surface area (Å²) in [4.78, 5) is 16.2. The van der Waals surface area contributed by atoms with Crippen molar-refractivity contribution in [3.8, 4) is 5.75 Å². The summed E-state index contributed by atoms with van der Waals surface area (Å²) in [6.07, 6.45) is 3.90. The Morgan fingerprint density at radius 2 is 1.89 bits per heavy atom. The summed E-state index contributed by atoms with van der Waals surface area (Å²) < 4.78 is 32.1. The second kappa shape index (κ2) is 9.85. The van der Waals surface area contributed by atoms with Crippen LogP contribution in [0.15, 0.2) is 42.6 Å². The van der Waals surface area contributed by atoms with E-state index in [2.05, 4.69) is 34.3 Å². The van der Waals surface area contributed by atoms with Crippen LogP contribution in [0, 0.1) is 12.3 Å². The van der Waals surface area contributed by atoms with Crippen molar-refractivity contribution in [3.63, 3.8) is 0 Å². The molecule has 3 N–H and O–H groups in total. The molecule has 1 aliphatic carbocycles. The molecule has 1 spiro atoms. The second-order valence-electron chi connectivity index (χ2n) is 9.73. The Kier molecular flexibility index (Phi) is 7.03. The van der Waals surface area contributed by atoms with Gasteiger partial charge in [-0.05, 0) is 68.1 Å². The van der Waals surface area contributed by atoms with Gasteiger partial charge in [-0.25, -0.2) is 13.6 Å². The number of carbonyl (C=O) groups is 1. The molecule has 6 nitrogen and oxygen atoms in total. The monoisotopic (exact) mass is 485 g/mol. The number of likely N-dealkylation sites (tertiary alicyclic amines) is 1. The smallest absolute Gasteiger partial charge is 0.337 e. The molecule has 1 saturated carbocycles. The molecule has 1 aromatic heterocycles. The number of rotatable bonds is 5. The number of para-hydroxylation sites is 1. The van der Waals surface area contributed by atoms with Crippen molar-refractivity contribution in [2.45, 2.75) is 45.1 Å². The van der Waals surface area contributed by atoms with E-state index in [1.165, 1.54) is 16.5 Å². The molecule has 1 saturated heterocycles. The number of hydrogen-bond donors (Lipinski definition) is 3. The fourth-order valence-electron chi connectivity index (χ4n) is 5.48. The first-order valence-corrected chi connectivity index (χ1v) is 11.9. The van der Waals surface area contributed by atoms with E-state index >= 15 is 0 Å². The Bertz CT molecular complexity index is 1190. The first-order chi connectivity index (χ1) is 16.7. The molecule has 8 heteroatoms. The minimum Gasteiger partial charge on any atom is -0.496 e. The number of alkyl halides is 2. The molecule has 0 unspecified atom stereocenters. The number of hydrogen-bond acceptors (Lipinski definition) is 4. The third-order valence-corrected chi connectivity index (χ3v) is 7.32. The molecule has 1 aliphatic heterocycles. The summed E-state index contributed by atoms with van der Waals surface area (Å²) >= 11 is 0. The minimum atomic E-state index is -2.42. The fourth-order valence-corrected chi connectivity index (χ4v) is 5.48. The predicted octanol–water partition coefficient (Wildman–Crippen LogP) is 5.92. The Balaban J connectivity index is 0.000000221. The van der Waals surface area contributed by atoms with Gasteiger partial charge < -0.3 is 20.1 Å². The van der Waals surface area contributed by atoms with Crippen LogP contribution < -0.4 is 10.1 Å². The largest absolute Gasteiger partial charge is 0.496 e. The molecule has 2 heterocycles. The maximum atomic E-state index is 13.3. The van der Waals surface area contributed by atoms with Crippen LogP contribution in [0.3, 0.4) is 0 Å². The number of aromatic amines is 1. The van der Waals surface area contributed by atoms with Gasteiger partial charge in [-0.1, -0.05) is 12.1 Å². The van der Waals surface area contributed by atoms with E-state index in [0.29, 0.717) is 11.3 Å². The molecule has 2 aromatic carbocycles. The molecule has 2 fully saturated rings. The number of carboxylic acid groups (broad SMARTS) is 1. The number of benzene rings is 2. The summed E-state index contributed by atoms with van der Waals surface area (Å²) in [6.45, 7) is 4.66. The van der Waals surface area contributed by atoms with Gasteiger partial charge in [0.25, 0.3) is 0 Å². The van der Waals surface area contributed by atoms with E-state index in [1.807, 2.05) is 6.20 Å². The Morgan fingerprint density at radius 3 is 2.46 bits per heavy atom. The maximum absolute atomic E-state index is 13.3. The van der Waals surface area contributed by atoms with Gasteiger partial charge in [0.15, 0.2) is 0 Å². The fraction of sp³-hybridized carbons (Fsp3) is 0.444. The molecule has 35 heavy (non-hydrogen) atoms. The van der Waals surface area contributed by atoms with Crippen LogP contribution in [-0.2, 0) is 6.54 Å². The van der Waals surface area contributed by atoms with Gasteiger partial charge in [-0.15, -0.1) is 0 Å². The van der Waals surface area contributed by atoms with Crippen LogP contribution in [0.4, 0.5) is 14.5 Å². The number of H-pyrrole nitrogens is 1. The molecule has 0 amide bonds. The molecular weight excluding hydrogens is 452 g/mol. The first-order valence-electron chi connectivity index (χ1n) is 11.9. The van der Waals surface area contributed by atoms with E-state index in [4.69, 9.17) is 9.84 Å². The highest BCUT2D eigenvalue weighted by molar-refractivity contribution is 5.94. The van der Waals surface area contributed by atoms with Crippen molar-refractivity contribution < 1.29 is 23.4 Å². The molecule has 0 atom stereocenters. The summed E-state index contributed by atoms with van der Waals surface area (Å²) in [5.74, 6) is -2.41. The Labute approximate surface area is 204 Å². The molecule has 2 aliphatic rings. The highest BCUT2D eigenvalue weighted by Crippen LogP contribution is 2.57. The second-order valence-corrected chi connectivity index (χ2v) is 9.73. The molecule has 0 radical (unpaired) electrons. The zero-order chi connectivity index (χ0) is 25.2. The van der Waals surface area contributed by atoms with Crippen LogP contribution in [0.5, 0.6) is 5.75 Å². The number of ether oxygens (including phenoxy) is 1. The Hall–Kier alpha value is -3.13. The number of anilines is 1. The van der Waals surface area contributed by atoms with Crippen LogP contribution in [0.1, 0.15) is 47.2 Å². The summed E-state index contributed by atoms with van der Waals surface area (Å²) in [6, 6.07) is 10.9. The summed E-state index contributed by atoms with van der Waals surface area (Å²) in [7, 11) is 3.40. The number of methoxy groups -OCH3 is 1. The van der Waals surface area contributed by atoms with Crippen molar-refractivity contribution in [1.29, 1.82) is 0 Å². The number of halogens is 2. The third kappa shape index (κ3) is 5.27. The summed E-state index contributed by atoms with van der Waals surface area (Å²) in [5.41, 5.74) is 4.35. The number of aromatic carboxylic acids is 1. The number of aromatic nitrogens is 1. The minimum absolute atomic E-state index is 0.0871. The van der Waals surface area contributed by atoms with Crippen LogP contribution >= 0.6 is 0 Å². The van der Waals surface area contributed by atoms with Gasteiger partial charge in [0.05, 0.1) is 12.7 Å². The lowest BCUT2D eigenvalue weighted by atomic mass is 9.61. The number of aryl methyl sites for hydroxylation is 1. The van der Waals surface area contributed by atoms with Crippen molar-refractivity contribution in [3.05, 3.63) is 59.3 Å². The number of piperidine rings is 1. The van der Waals surface area contributed by atoms with E-state index in [-0.39, 0.29) is 18.3 Å². The lowest BCUT2D eigenvalue weighted by Crippen LogP contribution is -2.52. The van der Waals surface area contributed by atoms with Crippen LogP contribution in [0.2, 0.25) is 0 Å². The molecule has 188 valence electrons. The number of nitrogens with one attached hydrogen (secondary N) is 2. The number of carboxylic acids is 1. The normalized spacial score (nSPS) is 18.4.